The Hall–Kier alpha value is -0.570. The van der Waals surface area contributed by atoms with Crippen LogP contribution < -0.4 is 5.32 Å². The molecule has 0 atom stereocenters. The van der Waals surface area contributed by atoms with E-state index in [4.69, 9.17) is 0 Å². The van der Waals surface area contributed by atoms with Crippen LogP contribution in [-0.2, 0) is 9.90 Å². The summed E-state index contributed by atoms with van der Waals surface area (Å²) >= 11 is 0. The number of rotatable bonds is 4. The summed E-state index contributed by atoms with van der Waals surface area (Å²) in [6, 6.07) is 0. The van der Waals surface area contributed by atoms with Crippen LogP contribution in [0.4, 0.5) is 0 Å². The zero-order chi connectivity index (χ0) is 7.11. The van der Waals surface area contributed by atoms with E-state index in [-0.39, 0.29) is 12.5 Å². The monoisotopic (exact) mass is 130 g/mol. The molecule has 1 radical (unpaired) electrons. The van der Waals surface area contributed by atoms with Gasteiger partial charge in [0.05, 0.1) is 6.61 Å². The molecule has 0 saturated carbocycles. The van der Waals surface area contributed by atoms with Crippen molar-refractivity contribution in [1.29, 1.82) is 0 Å². The van der Waals surface area contributed by atoms with Crippen molar-refractivity contribution in [3.8, 4) is 0 Å². The van der Waals surface area contributed by atoms with Gasteiger partial charge in [0, 0.05) is 13.5 Å². The first kappa shape index (κ1) is 8.43. The average molecular weight is 130 g/mol. The molecule has 0 aliphatic heterocycles. The first-order chi connectivity index (χ1) is 4.31. The molecule has 0 bridgehead atoms. The largest absolute Gasteiger partial charge is 0.359 e. The molecule has 0 aromatic carbocycles. The lowest BCUT2D eigenvalue weighted by Gasteiger charge is -1.95. The second-order valence-electron chi connectivity index (χ2n) is 1.83. The number of carbonyl (C=O) groups excluding carboxylic acids is 1. The topological polar surface area (TPSA) is 49.0 Å². The number of nitrogens with one attached hydrogen (secondary N) is 1. The minimum Gasteiger partial charge on any atom is -0.359 e. The van der Waals surface area contributed by atoms with Crippen LogP contribution in [0.1, 0.15) is 19.3 Å². The van der Waals surface area contributed by atoms with Crippen LogP contribution in [0.25, 0.3) is 0 Å². The van der Waals surface area contributed by atoms with E-state index in [1.807, 2.05) is 0 Å². The van der Waals surface area contributed by atoms with Crippen LogP contribution in [0.5, 0.6) is 0 Å². The maximum Gasteiger partial charge on any atom is 0.219 e. The molecule has 3 heteroatoms. The molecule has 0 fully saturated rings. The lowest BCUT2D eigenvalue weighted by molar-refractivity contribution is -0.120. The predicted octanol–water partition coefficient (Wildman–Crippen LogP) is 0.333. The third-order valence-electron chi connectivity index (χ3n) is 1.08. The highest BCUT2D eigenvalue weighted by molar-refractivity contribution is 5.75. The van der Waals surface area contributed by atoms with Crippen LogP contribution in [0.3, 0.4) is 0 Å². The fraction of sp³-hybridized carbons (Fsp3) is 0.833. The lowest BCUT2D eigenvalue weighted by Crippen LogP contribution is -2.16. The van der Waals surface area contributed by atoms with Crippen LogP contribution in [0.2, 0.25) is 0 Å². The van der Waals surface area contributed by atoms with Crippen molar-refractivity contribution < 1.29 is 9.90 Å². The van der Waals surface area contributed by atoms with E-state index in [1.54, 1.807) is 7.05 Å². The quantitative estimate of drug-likeness (QED) is 0.548. The molecule has 0 rings (SSSR count). The Bertz CT molecular complexity index is 83.1. The summed E-state index contributed by atoms with van der Waals surface area (Å²) in [4.78, 5) is 10.5. The van der Waals surface area contributed by atoms with Crippen molar-refractivity contribution >= 4 is 5.91 Å². The van der Waals surface area contributed by atoms with E-state index in [2.05, 4.69) is 5.32 Å². The summed E-state index contributed by atoms with van der Waals surface area (Å²) in [6.45, 7) is -0.0724. The van der Waals surface area contributed by atoms with E-state index < -0.39 is 0 Å². The van der Waals surface area contributed by atoms with Crippen molar-refractivity contribution in [3.63, 3.8) is 0 Å². The van der Waals surface area contributed by atoms with Crippen molar-refractivity contribution in [2.24, 2.45) is 0 Å². The SMILES string of the molecule is CNC(=O)CCCC[O]. The second kappa shape index (κ2) is 5.56. The molecule has 1 amide bonds. The molecule has 9 heavy (non-hydrogen) atoms. The minimum atomic E-state index is -0.0724. The molecule has 0 saturated heterocycles. The Labute approximate surface area is 55.1 Å². The molecule has 0 unspecified atom stereocenters. The van der Waals surface area contributed by atoms with Gasteiger partial charge in [-0.05, 0) is 12.8 Å². The summed E-state index contributed by atoms with van der Waals surface area (Å²) in [5, 5.41) is 12.4. The molecule has 0 aliphatic carbocycles. The van der Waals surface area contributed by atoms with E-state index in [0.29, 0.717) is 19.3 Å². The number of amides is 1. The van der Waals surface area contributed by atoms with E-state index in [1.165, 1.54) is 0 Å². The number of hydrogen-bond acceptors (Lipinski definition) is 1. The van der Waals surface area contributed by atoms with Gasteiger partial charge in [-0.3, -0.25) is 4.79 Å². The molecule has 0 aromatic rings. The highest BCUT2D eigenvalue weighted by atomic mass is 16.2. The molecule has 3 nitrogen and oxygen atoms in total. The van der Waals surface area contributed by atoms with Gasteiger partial charge in [-0.1, -0.05) is 0 Å². The Kier molecular flexibility index (Phi) is 5.21. The average Bonchev–Trinajstić information content (AvgIpc) is 1.89. The summed E-state index contributed by atoms with van der Waals surface area (Å²) < 4.78 is 0. The summed E-state index contributed by atoms with van der Waals surface area (Å²) in [7, 11) is 1.60. The molecule has 0 heterocycles. The molecular formula is C6H12NO2. The summed E-state index contributed by atoms with van der Waals surface area (Å²) in [5.41, 5.74) is 0. The van der Waals surface area contributed by atoms with Gasteiger partial charge < -0.3 is 5.32 Å². The number of hydrogen-bond donors (Lipinski definition) is 1. The van der Waals surface area contributed by atoms with E-state index in [9.17, 15) is 9.90 Å². The standard InChI is InChI=1S/C6H12NO2/c1-7-6(9)4-2-3-5-8/h2-5H2,1H3,(H,7,9). The van der Waals surface area contributed by atoms with Crippen molar-refractivity contribution in [3.05, 3.63) is 0 Å². The third kappa shape index (κ3) is 5.30. The highest BCUT2D eigenvalue weighted by Gasteiger charge is 1.95. The van der Waals surface area contributed by atoms with Crippen LogP contribution in [0, 0.1) is 0 Å². The van der Waals surface area contributed by atoms with Crippen LogP contribution in [0.15, 0.2) is 0 Å². The van der Waals surface area contributed by atoms with Crippen LogP contribution in [-0.4, -0.2) is 19.6 Å². The molecule has 1 N–H and O–H groups in total. The Morgan fingerprint density at radius 1 is 1.44 bits per heavy atom. The highest BCUT2D eigenvalue weighted by Crippen LogP contribution is 1.92. The van der Waals surface area contributed by atoms with Gasteiger partial charge in [-0.25, -0.2) is 5.11 Å². The zero-order valence-corrected chi connectivity index (χ0v) is 5.64. The normalized spacial score (nSPS) is 9.11. The second-order valence-corrected chi connectivity index (χ2v) is 1.83. The van der Waals surface area contributed by atoms with Crippen molar-refractivity contribution in [2.75, 3.05) is 13.7 Å². The van der Waals surface area contributed by atoms with Crippen LogP contribution >= 0.6 is 0 Å². The van der Waals surface area contributed by atoms with Gasteiger partial charge in [-0.2, -0.15) is 0 Å². The summed E-state index contributed by atoms with van der Waals surface area (Å²) in [5.74, 6) is 0.0171. The Balaban J connectivity index is 2.97. The molecular weight excluding hydrogens is 118 g/mol. The Morgan fingerprint density at radius 3 is 2.56 bits per heavy atom. The number of carbonyl (C=O) groups is 1. The summed E-state index contributed by atoms with van der Waals surface area (Å²) in [6.07, 6.45) is 1.80. The molecule has 0 aliphatic rings. The maximum absolute atomic E-state index is 10.5. The first-order valence-corrected chi connectivity index (χ1v) is 3.10. The van der Waals surface area contributed by atoms with Gasteiger partial charge in [-0.15, -0.1) is 0 Å². The third-order valence-corrected chi connectivity index (χ3v) is 1.08. The first-order valence-electron chi connectivity index (χ1n) is 3.10. The number of unbranched alkanes of at least 4 members (excludes halogenated alkanes) is 1. The fourth-order valence-electron chi connectivity index (χ4n) is 0.513. The van der Waals surface area contributed by atoms with Gasteiger partial charge >= 0.3 is 0 Å². The van der Waals surface area contributed by atoms with Gasteiger partial charge in [0.2, 0.25) is 5.91 Å². The Morgan fingerprint density at radius 2 is 2.11 bits per heavy atom. The maximum atomic E-state index is 10.5. The van der Waals surface area contributed by atoms with Gasteiger partial charge in [0.1, 0.15) is 0 Å². The van der Waals surface area contributed by atoms with E-state index >= 15 is 0 Å². The molecule has 53 valence electrons. The van der Waals surface area contributed by atoms with Gasteiger partial charge in [0.15, 0.2) is 0 Å². The molecule has 0 spiro atoms. The predicted molar refractivity (Wildman–Crippen MR) is 33.5 cm³/mol. The van der Waals surface area contributed by atoms with Crippen molar-refractivity contribution in [2.45, 2.75) is 19.3 Å². The van der Waals surface area contributed by atoms with Gasteiger partial charge in [0.25, 0.3) is 0 Å². The molecule has 0 aromatic heterocycles. The lowest BCUT2D eigenvalue weighted by atomic mass is 10.2. The van der Waals surface area contributed by atoms with Crippen molar-refractivity contribution in [1.82, 2.24) is 5.32 Å². The fourth-order valence-corrected chi connectivity index (χ4v) is 0.513. The van der Waals surface area contributed by atoms with E-state index in [0.717, 1.165) is 0 Å². The smallest absolute Gasteiger partial charge is 0.219 e. The zero-order valence-electron chi connectivity index (χ0n) is 5.64. The minimum absolute atomic E-state index is 0.0171.